The largest absolute Gasteiger partial charge is 0.498 e. The number of para-hydroxylation sites is 1. The van der Waals surface area contributed by atoms with Gasteiger partial charge in [0.2, 0.25) is 5.91 Å². The van der Waals surface area contributed by atoms with Crippen LogP contribution in [0.3, 0.4) is 0 Å². The summed E-state index contributed by atoms with van der Waals surface area (Å²) in [5, 5.41) is 2.75. The average molecular weight is 512 g/mol. The van der Waals surface area contributed by atoms with Crippen LogP contribution in [0, 0.1) is 5.41 Å². The van der Waals surface area contributed by atoms with Crippen LogP contribution in [0.1, 0.15) is 45.6 Å². The molecule has 0 unspecified atom stereocenters. The Labute approximate surface area is 218 Å². The maximum atomic E-state index is 14.0. The molecule has 2 aliphatic heterocycles. The first-order valence-electron chi connectivity index (χ1n) is 12.5. The van der Waals surface area contributed by atoms with Crippen LogP contribution in [0.25, 0.3) is 0 Å². The molecule has 0 spiro atoms. The number of nitrogens with zero attached hydrogens (tertiary/aromatic N) is 1. The first-order valence-corrected chi connectivity index (χ1v) is 12.5. The van der Waals surface area contributed by atoms with E-state index in [1.54, 1.807) is 25.4 Å². The smallest absolute Gasteiger partial charge is 0.269 e. The van der Waals surface area contributed by atoms with Crippen LogP contribution >= 0.6 is 0 Å². The van der Waals surface area contributed by atoms with Gasteiger partial charge in [0.25, 0.3) is 5.91 Å². The van der Waals surface area contributed by atoms with Crippen LogP contribution in [0.15, 0.2) is 53.1 Å². The van der Waals surface area contributed by atoms with Crippen molar-refractivity contribution in [3.63, 3.8) is 0 Å². The van der Waals surface area contributed by atoms with Gasteiger partial charge >= 0.3 is 0 Å². The molecule has 3 aliphatic rings. The fourth-order valence-corrected chi connectivity index (χ4v) is 5.09. The van der Waals surface area contributed by atoms with Crippen molar-refractivity contribution in [1.29, 1.82) is 0 Å². The van der Waals surface area contributed by atoms with E-state index in [1.807, 2.05) is 25.1 Å². The third kappa shape index (κ3) is 4.92. The van der Waals surface area contributed by atoms with Gasteiger partial charge in [-0.1, -0.05) is 39.0 Å². The Morgan fingerprint density at radius 2 is 2.00 bits per heavy atom. The van der Waals surface area contributed by atoms with Crippen molar-refractivity contribution in [2.75, 3.05) is 33.9 Å². The van der Waals surface area contributed by atoms with Gasteiger partial charge in [-0.3, -0.25) is 14.5 Å². The van der Waals surface area contributed by atoms with Gasteiger partial charge in [0.05, 0.1) is 44.6 Å². The summed E-state index contributed by atoms with van der Waals surface area (Å²) in [7, 11) is 3.19. The third-order valence-corrected chi connectivity index (χ3v) is 7.01. The molecule has 2 heterocycles. The molecular weight excluding hydrogens is 474 g/mol. The number of amides is 2. The Balaban J connectivity index is 1.90. The number of nitrogens with one attached hydrogen (secondary N) is 1. The number of carbonyl (C=O) groups is 2. The maximum absolute atomic E-state index is 14.0. The molecule has 0 saturated carbocycles. The van der Waals surface area contributed by atoms with E-state index in [2.05, 4.69) is 32.2 Å². The molecule has 37 heavy (non-hydrogen) atoms. The predicted molar refractivity (Wildman–Crippen MR) is 139 cm³/mol. The molecule has 1 aliphatic carbocycles. The molecule has 0 bridgehead atoms. The highest BCUT2D eigenvalue weighted by molar-refractivity contribution is 5.91. The Bertz CT molecular complexity index is 1160. The zero-order valence-corrected chi connectivity index (χ0v) is 22.4. The molecule has 4 rings (SSSR count). The number of ether oxygens (including phenoxy) is 4. The Hall–Kier alpha value is -3.46. The molecule has 2 amide bonds. The van der Waals surface area contributed by atoms with Gasteiger partial charge in [-0.25, -0.2) is 0 Å². The van der Waals surface area contributed by atoms with E-state index in [4.69, 9.17) is 24.7 Å². The lowest BCUT2D eigenvalue weighted by molar-refractivity contribution is -0.151. The molecule has 200 valence electrons. The van der Waals surface area contributed by atoms with E-state index < -0.39 is 6.10 Å². The van der Waals surface area contributed by atoms with E-state index in [9.17, 15) is 9.59 Å². The lowest BCUT2D eigenvalue weighted by Crippen LogP contribution is -2.56. The quantitative estimate of drug-likeness (QED) is 0.579. The highest BCUT2D eigenvalue weighted by Gasteiger charge is 2.49. The third-order valence-electron chi connectivity index (χ3n) is 7.01. The maximum Gasteiger partial charge on any atom is 0.269 e. The van der Waals surface area contributed by atoms with Crippen molar-refractivity contribution < 1.29 is 28.5 Å². The van der Waals surface area contributed by atoms with Crippen molar-refractivity contribution in [2.24, 2.45) is 11.1 Å². The number of hydrogen-bond donors (Lipinski definition) is 2. The van der Waals surface area contributed by atoms with Crippen molar-refractivity contribution in [3.8, 4) is 11.5 Å². The van der Waals surface area contributed by atoms with Gasteiger partial charge in [0.15, 0.2) is 17.6 Å². The van der Waals surface area contributed by atoms with Crippen LogP contribution < -0.4 is 20.5 Å². The lowest BCUT2D eigenvalue weighted by atomic mass is 9.80. The number of rotatable bonds is 7. The highest BCUT2D eigenvalue weighted by Crippen LogP contribution is 2.50. The zero-order valence-electron chi connectivity index (χ0n) is 22.4. The van der Waals surface area contributed by atoms with Gasteiger partial charge in [0.1, 0.15) is 12.4 Å². The molecule has 0 radical (unpaired) electrons. The van der Waals surface area contributed by atoms with E-state index in [1.165, 1.54) is 0 Å². The monoisotopic (exact) mass is 511 g/mol. The van der Waals surface area contributed by atoms with Gasteiger partial charge in [-0.15, -0.1) is 0 Å². The van der Waals surface area contributed by atoms with Crippen molar-refractivity contribution >= 4 is 11.8 Å². The van der Waals surface area contributed by atoms with Gasteiger partial charge < -0.3 is 30.0 Å². The van der Waals surface area contributed by atoms with Gasteiger partial charge in [-0.05, 0) is 24.0 Å². The van der Waals surface area contributed by atoms with Crippen LogP contribution in [0.4, 0.5) is 0 Å². The van der Waals surface area contributed by atoms with Crippen molar-refractivity contribution in [3.05, 3.63) is 58.7 Å². The summed E-state index contributed by atoms with van der Waals surface area (Å²) in [6, 6.07) is 5.41. The topological polar surface area (TPSA) is 112 Å². The predicted octanol–water partition coefficient (Wildman–Crippen LogP) is 2.98. The van der Waals surface area contributed by atoms with Crippen molar-refractivity contribution in [1.82, 2.24) is 10.2 Å². The Kier molecular flexibility index (Phi) is 7.54. The molecule has 1 aromatic rings. The first-order chi connectivity index (χ1) is 17.6. The standard InChI is InChI=1S/C28H37N3O6/c1-16-12-18(17-8-7-9-20(34-5)25(17)35-6)26-24-19(16)14-36-15-22(28(2,3)4)31(24)27(33)21(37-26)13-23(32)30-11-10-29/h7-9,12,14,18,21-22H,10-11,13,15,29H2,1-6H3,(H,30,32)/t18-,21+,22-/m0/s1. The summed E-state index contributed by atoms with van der Waals surface area (Å²) in [5.41, 5.74) is 8.49. The fraction of sp³-hybridized carbons (Fsp3) is 0.500. The lowest BCUT2D eigenvalue weighted by Gasteiger charge is -2.46. The number of hydrogen-bond acceptors (Lipinski definition) is 7. The molecule has 0 saturated heterocycles. The molecule has 3 N–H and O–H groups in total. The molecule has 9 nitrogen and oxygen atoms in total. The second kappa shape index (κ2) is 10.5. The average Bonchev–Trinajstić information content (AvgIpc) is 3.08. The second-order valence-electron chi connectivity index (χ2n) is 10.5. The second-order valence-corrected chi connectivity index (χ2v) is 10.5. The van der Waals surface area contributed by atoms with Crippen LogP contribution in [0.2, 0.25) is 0 Å². The summed E-state index contributed by atoms with van der Waals surface area (Å²) in [4.78, 5) is 28.5. The van der Waals surface area contributed by atoms with Gasteiger partial charge in [0, 0.05) is 24.2 Å². The summed E-state index contributed by atoms with van der Waals surface area (Å²) >= 11 is 0. The molecule has 9 heteroatoms. The van der Waals surface area contributed by atoms with E-state index >= 15 is 0 Å². The summed E-state index contributed by atoms with van der Waals surface area (Å²) in [6.07, 6.45) is 2.67. The minimum Gasteiger partial charge on any atom is -0.498 e. The van der Waals surface area contributed by atoms with Crippen LogP contribution in [-0.4, -0.2) is 62.8 Å². The van der Waals surface area contributed by atoms with Gasteiger partial charge in [-0.2, -0.15) is 0 Å². The molecule has 0 fully saturated rings. The minimum atomic E-state index is -0.994. The number of nitrogens with two attached hydrogens (primary N) is 1. The highest BCUT2D eigenvalue weighted by atomic mass is 16.5. The molecule has 0 aromatic heterocycles. The van der Waals surface area contributed by atoms with E-state index in [0.717, 1.165) is 16.7 Å². The minimum absolute atomic E-state index is 0.118. The van der Waals surface area contributed by atoms with Crippen molar-refractivity contribution in [2.45, 2.75) is 52.2 Å². The molecule has 3 atom stereocenters. The number of allylic oxidation sites excluding steroid dienone is 2. The normalized spacial score (nSPS) is 23.2. The SMILES string of the molecule is COc1cccc([C@@H]2C=C(C)C3=COC[C@@H](C(C)(C)C)N4C(=O)[C@@H](CC(=O)NCCN)OC2=C34)c1OC. The summed E-state index contributed by atoms with van der Waals surface area (Å²) < 4.78 is 23.8. The fourth-order valence-electron chi connectivity index (χ4n) is 5.09. The number of methoxy groups -OCH3 is 2. The van der Waals surface area contributed by atoms with Crippen LogP contribution in [-0.2, 0) is 19.1 Å². The summed E-state index contributed by atoms with van der Waals surface area (Å²) in [5.74, 6) is 0.835. The Morgan fingerprint density at radius 1 is 1.24 bits per heavy atom. The Morgan fingerprint density at radius 3 is 2.65 bits per heavy atom. The number of benzene rings is 1. The van der Waals surface area contributed by atoms with E-state index in [0.29, 0.717) is 42.7 Å². The first kappa shape index (κ1) is 26.6. The number of carbonyl (C=O) groups excluding carboxylic acids is 2. The molecule has 1 aromatic carbocycles. The van der Waals surface area contributed by atoms with Crippen LogP contribution in [0.5, 0.6) is 11.5 Å². The van der Waals surface area contributed by atoms with E-state index in [-0.39, 0.29) is 35.6 Å². The summed E-state index contributed by atoms with van der Waals surface area (Å²) in [6.45, 7) is 9.18. The molecular formula is C28H37N3O6. The zero-order chi connectivity index (χ0) is 26.9.